The Hall–Kier alpha value is -0.510. The second-order valence-electron chi connectivity index (χ2n) is 4.80. The Bertz CT molecular complexity index is 337. The molecule has 1 unspecified atom stereocenters. The van der Waals surface area contributed by atoms with Crippen LogP contribution in [0.3, 0.4) is 0 Å². The molecule has 1 N–H and O–H groups in total. The molecule has 2 rings (SSSR count). The zero-order valence-electron chi connectivity index (χ0n) is 10.8. The van der Waals surface area contributed by atoms with Crippen LogP contribution >= 0.6 is 11.8 Å². The van der Waals surface area contributed by atoms with Crippen molar-refractivity contribution in [3.8, 4) is 0 Å². The lowest BCUT2D eigenvalue weighted by Crippen LogP contribution is -2.24. The number of nitrogens with zero attached hydrogens (tertiary/aromatic N) is 1. The molecule has 0 bridgehead atoms. The number of rotatable bonds is 5. The van der Waals surface area contributed by atoms with Gasteiger partial charge >= 0.3 is 0 Å². The highest BCUT2D eigenvalue weighted by Gasteiger charge is 2.21. The Kier molecular flexibility index (Phi) is 4.89. The molecule has 0 spiro atoms. The predicted molar refractivity (Wildman–Crippen MR) is 75.5 cm³/mol. The topological polar surface area (TPSA) is 15.3 Å². The van der Waals surface area contributed by atoms with E-state index >= 15 is 0 Å². The number of hydrogen-bond donors (Lipinski definition) is 1. The van der Waals surface area contributed by atoms with Crippen molar-refractivity contribution in [3.63, 3.8) is 0 Å². The van der Waals surface area contributed by atoms with E-state index in [9.17, 15) is 0 Å². The Balaban J connectivity index is 1.84. The van der Waals surface area contributed by atoms with E-state index in [4.69, 9.17) is 0 Å². The fraction of sp³-hybridized carbons (Fsp3) is 0.571. The molecule has 1 aromatic carbocycles. The molecule has 1 aromatic rings. The first-order valence-corrected chi connectivity index (χ1v) is 7.54. The third kappa shape index (κ3) is 3.73. The molecular weight excluding hydrogens is 228 g/mol. The minimum absolute atomic E-state index is 0.838. The summed E-state index contributed by atoms with van der Waals surface area (Å²) in [5.74, 6) is 0.838. The molecule has 1 fully saturated rings. The van der Waals surface area contributed by atoms with Crippen molar-refractivity contribution in [2.24, 2.45) is 5.92 Å². The van der Waals surface area contributed by atoms with Gasteiger partial charge in [0.2, 0.25) is 0 Å². The maximum absolute atomic E-state index is 3.28. The van der Waals surface area contributed by atoms with Crippen molar-refractivity contribution < 1.29 is 0 Å². The smallest absolute Gasteiger partial charge is 0.0233 e. The summed E-state index contributed by atoms with van der Waals surface area (Å²) in [5, 5.41) is 3.28. The van der Waals surface area contributed by atoms with Gasteiger partial charge in [-0.05, 0) is 56.4 Å². The summed E-state index contributed by atoms with van der Waals surface area (Å²) in [7, 11) is 2.05. The zero-order chi connectivity index (χ0) is 12.1. The van der Waals surface area contributed by atoms with Gasteiger partial charge in [-0.25, -0.2) is 0 Å². The second kappa shape index (κ2) is 6.43. The molecular formula is C14H22N2S. The fourth-order valence-electron chi connectivity index (χ4n) is 2.50. The van der Waals surface area contributed by atoms with E-state index < -0.39 is 0 Å². The molecule has 1 heterocycles. The Morgan fingerprint density at radius 2 is 2.12 bits per heavy atom. The number of benzene rings is 1. The molecule has 2 nitrogen and oxygen atoms in total. The van der Waals surface area contributed by atoms with Crippen molar-refractivity contribution in [2.45, 2.75) is 17.9 Å². The minimum atomic E-state index is 0.838. The highest BCUT2D eigenvalue weighted by Crippen LogP contribution is 2.20. The van der Waals surface area contributed by atoms with Crippen LogP contribution in [-0.4, -0.2) is 37.8 Å². The van der Waals surface area contributed by atoms with Crippen LogP contribution in [0.4, 0.5) is 0 Å². The van der Waals surface area contributed by atoms with Gasteiger partial charge < -0.3 is 5.32 Å². The number of nitrogens with one attached hydrogen (secondary N) is 1. The van der Waals surface area contributed by atoms with Crippen molar-refractivity contribution in [3.05, 3.63) is 29.8 Å². The lowest BCUT2D eigenvalue weighted by Gasteiger charge is -2.16. The second-order valence-corrected chi connectivity index (χ2v) is 5.68. The molecule has 3 heteroatoms. The van der Waals surface area contributed by atoms with Crippen LogP contribution in [0.2, 0.25) is 0 Å². The van der Waals surface area contributed by atoms with Crippen molar-refractivity contribution in [2.75, 3.05) is 32.9 Å². The highest BCUT2D eigenvalue weighted by atomic mass is 32.2. The van der Waals surface area contributed by atoms with Gasteiger partial charge in [0, 0.05) is 18.0 Å². The predicted octanol–water partition coefficient (Wildman–Crippen LogP) is 2.45. The van der Waals surface area contributed by atoms with Crippen LogP contribution in [0.5, 0.6) is 0 Å². The van der Waals surface area contributed by atoms with Gasteiger partial charge in [0.15, 0.2) is 0 Å². The normalized spacial score (nSPS) is 20.9. The van der Waals surface area contributed by atoms with Crippen LogP contribution in [0.25, 0.3) is 0 Å². The maximum Gasteiger partial charge on any atom is 0.0233 e. The average molecular weight is 250 g/mol. The number of hydrogen-bond acceptors (Lipinski definition) is 3. The summed E-state index contributed by atoms with van der Waals surface area (Å²) in [4.78, 5) is 3.92. The van der Waals surface area contributed by atoms with Gasteiger partial charge in [-0.1, -0.05) is 12.1 Å². The van der Waals surface area contributed by atoms with Crippen LogP contribution < -0.4 is 5.32 Å². The van der Waals surface area contributed by atoms with Crippen molar-refractivity contribution >= 4 is 11.8 Å². The summed E-state index contributed by atoms with van der Waals surface area (Å²) in [6, 6.07) is 8.97. The van der Waals surface area contributed by atoms with Gasteiger partial charge in [-0.2, -0.15) is 0 Å². The zero-order valence-corrected chi connectivity index (χ0v) is 11.6. The Labute approximate surface area is 109 Å². The molecule has 1 saturated heterocycles. The van der Waals surface area contributed by atoms with E-state index in [0.717, 1.165) is 19.0 Å². The molecule has 0 aliphatic carbocycles. The molecule has 17 heavy (non-hydrogen) atoms. The third-order valence-electron chi connectivity index (χ3n) is 3.43. The summed E-state index contributed by atoms with van der Waals surface area (Å²) in [6.07, 6.45) is 3.46. The first-order chi connectivity index (χ1) is 8.31. The average Bonchev–Trinajstić information content (AvgIpc) is 2.78. The monoisotopic (exact) mass is 250 g/mol. The van der Waals surface area contributed by atoms with E-state index in [1.165, 1.54) is 30.0 Å². The SMILES string of the molecule is CNCC1CCN(Cc2ccc(SC)cc2)C1. The lowest BCUT2D eigenvalue weighted by atomic mass is 10.1. The van der Waals surface area contributed by atoms with E-state index in [1.54, 1.807) is 11.8 Å². The standard InChI is InChI=1S/C14H22N2S/c1-15-9-13-7-8-16(11-13)10-12-3-5-14(17-2)6-4-12/h3-6,13,15H,7-11H2,1-2H3. The van der Waals surface area contributed by atoms with Crippen molar-refractivity contribution in [1.29, 1.82) is 0 Å². The highest BCUT2D eigenvalue weighted by molar-refractivity contribution is 7.98. The molecule has 1 aliphatic heterocycles. The summed E-state index contributed by atoms with van der Waals surface area (Å²) in [5.41, 5.74) is 1.44. The van der Waals surface area contributed by atoms with Gasteiger partial charge in [0.05, 0.1) is 0 Å². The molecule has 94 valence electrons. The van der Waals surface area contributed by atoms with Crippen LogP contribution in [0, 0.1) is 5.92 Å². The molecule has 1 aliphatic rings. The van der Waals surface area contributed by atoms with E-state index in [2.05, 4.69) is 40.7 Å². The molecule has 0 amide bonds. The lowest BCUT2D eigenvalue weighted by molar-refractivity contribution is 0.315. The molecule has 0 aromatic heterocycles. The maximum atomic E-state index is 3.28. The van der Waals surface area contributed by atoms with E-state index in [0.29, 0.717) is 0 Å². The third-order valence-corrected chi connectivity index (χ3v) is 4.17. The fourth-order valence-corrected chi connectivity index (χ4v) is 2.91. The largest absolute Gasteiger partial charge is 0.319 e. The van der Waals surface area contributed by atoms with Crippen molar-refractivity contribution in [1.82, 2.24) is 10.2 Å². The van der Waals surface area contributed by atoms with Crippen LogP contribution in [0.1, 0.15) is 12.0 Å². The first-order valence-electron chi connectivity index (χ1n) is 6.31. The summed E-state index contributed by atoms with van der Waals surface area (Å²) >= 11 is 1.81. The van der Waals surface area contributed by atoms with E-state index in [-0.39, 0.29) is 0 Å². The minimum Gasteiger partial charge on any atom is -0.319 e. The summed E-state index contributed by atoms with van der Waals surface area (Å²) < 4.78 is 0. The quantitative estimate of drug-likeness (QED) is 0.808. The number of thioether (sulfide) groups is 1. The van der Waals surface area contributed by atoms with Crippen LogP contribution in [-0.2, 0) is 6.54 Å². The Morgan fingerprint density at radius 3 is 2.76 bits per heavy atom. The van der Waals surface area contributed by atoms with Gasteiger partial charge in [-0.3, -0.25) is 4.90 Å². The molecule has 1 atom stereocenters. The number of likely N-dealkylation sites (tertiary alicyclic amines) is 1. The summed E-state index contributed by atoms with van der Waals surface area (Å²) in [6.45, 7) is 4.75. The van der Waals surface area contributed by atoms with Gasteiger partial charge in [0.1, 0.15) is 0 Å². The first kappa shape index (κ1) is 12.9. The van der Waals surface area contributed by atoms with Crippen LogP contribution in [0.15, 0.2) is 29.2 Å². The molecule has 0 saturated carbocycles. The van der Waals surface area contributed by atoms with Gasteiger partial charge in [-0.15, -0.1) is 11.8 Å². The van der Waals surface area contributed by atoms with E-state index in [1.807, 2.05) is 7.05 Å². The Morgan fingerprint density at radius 1 is 1.35 bits per heavy atom. The van der Waals surface area contributed by atoms with Gasteiger partial charge in [0.25, 0.3) is 0 Å². The molecule has 0 radical (unpaired) electrons.